The van der Waals surface area contributed by atoms with E-state index in [-0.39, 0.29) is 17.4 Å². The fourth-order valence-corrected chi connectivity index (χ4v) is 3.17. The maximum absolute atomic E-state index is 12.8. The van der Waals surface area contributed by atoms with E-state index in [2.05, 4.69) is 31.8 Å². The lowest BCUT2D eigenvalue weighted by Gasteiger charge is -2.32. The molecular formula is C17H20N2O2S. The summed E-state index contributed by atoms with van der Waals surface area (Å²) >= 11 is 1.67. The highest BCUT2D eigenvalue weighted by Gasteiger charge is 2.35. The van der Waals surface area contributed by atoms with Crippen LogP contribution in [0.5, 0.6) is 5.88 Å². The van der Waals surface area contributed by atoms with E-state index in [1.165, 1.54) is 4.88 Å². The molecule has 1 amide bonds. The molecule has 0 saturated carbocycles. The molecule has 4 nitrogen and oxygen atoms in total. The molecule has 2 aromatic rings. The number of pyridine rings is 1. The molecule has 1 aliphatic heterocycles. The van der Waals surface area contributed by atoms with Crippen molar-refractivity contribution in [2.45, 2.75) is 33.4 Å². The Morgan fingerprint density at radius 3 is 2.86 bits per heavy atom. The summed E-state index contributed by atoms with van der Waals surface area (Å²) in [6.45, 7) is 7.55. The van der Waals surface area contributed by atoms with Gasteiger partial charge < -0.3 is 9.64 Å². The number of rotatable bonds is 2. The molecule has 0 radical (unpaired) electrons. The first-order valence-corrected chi connectivity index (χ1v) is 8.26. The van der Waals surface area contributed by atoms with Crippen LogP contribution in [0.1, 0.15) is 36.0 Å². The lowest BCUT2D eigenvalue weighted by Crippen LogP contribution is -2.42. The summed E-state index contributed by atoms with van der Waals surface area (Å²) in [4.78, 5) is 20.1. The lowest BCUT2D eigenvalue weighted by atomic mass is 9.88. The standard InChI is InChI=1S/C17H20N2O2S/c1-17(2,3)14-11-19(10-12-6-5-9-22-12)16(20)13-7-4-8-18-15(13)21-14/h4-9,14H,10-11H2,1-3H3. The van der Waals surface area contributed by atoms with Crippen LogP contribution in [0, 0.1) is 5.41 Å². The van der Waals surface area contributed by atoms with E-state index in [1.54, 1.807) is 29.7 Å². The van der Waals surface area contributed by atoms with Crippen molar-refractivity contribution >= 4 is 17.2 Å². The topological polar surface area (TPSA) is 42.4 Å². The molecule has 0 aliphatic carbocycles. The summed E-state index contributed by atoms with van der Waals surface area (Å²) < 4.78 is 6.07. The van der Waals surface area contributed by atoms with Gasteiger partial charge in [-0.3, -0.25) is 4.79 Å². The third kappa shape index (κ3) is 2.99. The van der Waals surface area contributed by atoms with E-state index in [1.807, 2.05) is 16.3 Å². The van der Waals surface area contributed by atoms with Gasteiger partial charge in [-0.15, -0.1) is 11.3 Å². The Bertz CT molecular complexity index is 662. The predicted molar refractivity (Wildman–Crippen MR) is 87.2 cm³/mol. The van der Waals surface area contributed by atoms with Crippen molar-refractivity contribution in [2.24, 2.45) is 5.41 Å². The number of carbonyl (C=O) groups excluding carboxylic acids is 1. The SMILES string of the molecule is CC(C)(C)C1CN(Cc2cccs2)C(=O)c2cccnc2O1. The van der Waals surface area contributed by atoms with Gasteiger partial charge in [0.25, 0.3) is 5.91 Å². The highest BCUT2D eigenvalue weighted by atomic mass is 32.1. The second-order valence-electron chi connectivity index (χ2n) is 6.59. The molecule has 0 fully saturated rings. The van der Waals surface area contributed by atoms with Crippen molar-refractivity contribution in [2.75, 3.05) is 6.54 Å². The first-order chi connectivity index (χ1) is 10.4. The minimum atomic E-state index is -0.0902. The van der Waals surface area contributed by atoms with Crippen LogP contribution in [-0.4, -0.2) is 28.4 Å². The summed E-state index contributed by atoms with van der Waals surface area (Å²) in [6.07, 6.45) is 1.58. The molecule has 0 N–H and O–H groups in total. The highest BCUT2D eigenvalue weighted by Crippen LogP contribution is 2.31. The molecule has 1 atom stereocenters. The van der Waals surface area contributed by atoms with Gasteiger partial charge in [0.05, 0.1) is 13.1 Å². The molecule has 1 aliphatic rings. The van der Waals surface area contributed by atoms with Gasteiger partial charge in [-0.05, 0) is 23.6 Å². The van der Waals surface area contributed by atoms with Gasteiger partial charge in [0, 0.05) is 16.5 Å². The van der Waals surface area contributed by atoms with Crippen LogP contribution in [0.2, 0.25) is 0 Å². The fraction of sp³-hybridized carbons (Fsp3) is 0.412. The first-order valence-electron chi connectivity index (χ1n) is 7.38. The summed E-state index contributed by atoms with van der Waals surface area (Å²) in [5.74, 6) is 0.435. The summed E-state index contributed by atoms with van der Waals surface area (Å²) in [5, 5.41) is 2.03. The normalized spacial score (nSPS) is 18.6. The largest absolute Gasteiger partial charge is 0.471 e. The van der Waals surface area contributed by atoms with Crippen LogP contribution in [0.15, 0.2) is 35.8 Å². The van der Waals surface area contributed by atoms with Crippen LogP contribution < -0.4 is 4.74 Å². The third-order valence-electron chi connectivity index (χ3n) is 3.82. The van der Waals surface area contributed by atoms with E-state index < -0.39 is 0 Å². The number of ether oxygens (including phenoxy) is 1. The number of thiophene rings is 1. The summed E-state index contributed by atoms with van der Waals surface area (Å²) in [6, 6.07) is 7.63. The van der Waals surface area contributed by atoms with Crippen LogP contribution in [0.3, 0.4) is 0 Å². The molecule has 0 bridgehead atoms. The Morgan fingerprint density at radius 1 is 1.36 bits per heavy atom. The smallest absolute Gasteiger partial charge is 0.259 e. The van der Waals surface area contributed by atoms with Gasteiger partial charge >= 0.3 is 0 Å². The molecule has 1 unspecified atom stereocenters. The van der Waals surface area contributed by atoms with E-state index in [9.17, 15) is 4.79 Å². The Kier molecular flexibility index (Phi) is 3.91. The van der Waals surface area contributed by atoms with Crippen LogP contribution in [0.4, 0.5) is 0 Å². The molecule has 116 valence electrons. The zero-order valence-electron chi connectivity index (χ0n) is 13.1. The number of carbonyl (C=O) groups is 1. The minimum absolute atomic E-state index is 0.0109. The van der Waals surface area contributed by atoms with Crippen LogP contribution in [0.25, 0.3) is 0 Å². The Balaban J connectivity index is 1.97. The molecule has 0 spiro atoms. The molecule has 0 aromatic carbocycles. The van der Waals surface area contributed by atoms with Gasteiger partial charge in [0.15, 0.2) is 0 Å². The molecule has 3 heterocycles. The van der Waals surface area contributed by atoms with Crippen molar-refractivity contribution < 1.29 is 9.53 Å². The average molecular weight is 316 g/mol. The van der Waals surface area contributed by atoms with Crippen LogP contribution in [-0.2, 0) is 6.54 Å². The highest BCUT2D eigenvalue weighted by molar-refractivity contribution is 7.09. The Morgan fingerprint density at radius 2 is 2.18 bits per heavy atom. The predicted octanol–water partition coefficient (Wildman–Crippen LogP) is 3.59. The van der Waals surface area contributed by atoms with Crippen LogP contribution >= 0.6 is 11.3 Å². The number of hydrogen-bond donors (Lipinski definition) is 0. The quantitative estimate of drug-likeness (QED) is 0.850. The Labute approximate surface area is 134 Å². The van der Waals surface area contributed by atoms with Gasteiger partial charge in [-0.2, -0.15) is 0 Å². The van der Waals surface area contributed by atoms with E-state index in [4.69, 9.17) is 4.74 Å². The molecule has 2 aromatic heterocycles. The van der Waals surface area contributed by atoms with Crippen molar-refractivity contribution in [3.05, 3.63) is 46.3 Å². The van der Waals surface area contributed by atoms with Gasteiger partial charge in [-0.25, -0.2) is 4.98 Å². The average Bonchev–Trinajstić information content (AvgIpc) is 2.92. The number of nitrogens with zero attached hydrogens (tertiary/aromatic N) is 2. The fourth-order valence-electron chi connectivity index (χ4n) is 2.45. The van der Waals surface area contributed by atoms with E-state index >= 15 is 0 Å². The zero-order chi connectivity index (χ0) is 15.7. The minimum Gasteiger partial charge on any atom is -0.471 e. The first kappa shape index (κ1) is 15.0. The monoisotopic (exact) mass is 316 g/mol. The zero-order valence-corrected chi connectivity index (χ0v) is 13.9. The van der Waals surface area contributed by atoms with Gasteiger partial charge in [0.2, 0.25) is 5.88 Å². The lowest BCUT2D eigenvalue weighted by molar-refractivity contribution is 0.0454. The van der Waals surface area contributed by atoms with E-state index in [0.29, 0.717) is 24.5 Å². The Hall–Kier alpha value is -1.88. The second-order valence-corrected chi connectivity index (χ2v) is 7.63. The summed E-state index contributed by atoms with van der Waals surface area (Å²) in [5.41, 5.74) is 0.471. The number of aromatic nitrogens is 1. The van der Waals surface area contributed by atoms with Crippen molar-refractivity contribution in [1.82, 2.24) is 9.88 Å². The van der Waals surface area contributed by atoms with Crippen molar-refractivity contribution in [1.29, 1.82) is 0 Å². The summed E-state index contributed by atoms with van der Waals surface area (Å²) in [7, 11) is 0. The maximum Gasteiger partial charge on any atom is 0.259 e. The number of hydrogen-bond acceptors (Lipinski definition) is 4. The molecule has 0 saturated heterocycles. The molecular weight excluding hydrogens is 296 g/mol. The van der Waals surface area contributed by atoms with Crippen molar-refractivity contribution in [3.8, 4) is 5.88 Å². The van der Waals surface area contributed by atoms with Gasteiger partial charge in [-0.1, -0.05) is 26.8 Å². The second kappa shape index (κ2) is 5.72. The third-order valence-corrected chi connectivity index (χ3v) is 4.68. The maximum atomic E-state index is 12.8. The molecule has 22 heavy (non-hydrogen) atoms. The molecule has 5 heteroatoms. The van der Waals surface area contributed by atoms with E-state index in [0.717, 1.165) is 0 Å². The number of fused-ring (bicyclic) bond motifs is 1. The number of amides is 1. The molecule has 3 rings (SSSR count). The van der Waals surface area contributed by atoms with Crippen molar-refractivity contribution in [3.63, 3.8) is 0 Å². The van der Waals surface area contributed by atoms with Gasteiger partial charge in [0.1, 0.15) is 11.7 Å².